The number of hydrogen-bond acceptors (Lipinski definition) is 0. The van der Waals surface area contributed by atoms with Crippen LogP contribution in [0.25, 0.3) is 0 Å². The van der Waals surface area contributed by atoms with Crippen molar-refractivity contribution in [2.75, 3.05) is 0 Å². The number of hydrogen-bond donors (Lipinski definition) is 0. The molecule has 0 amide bonds. The molecule has 3 rings (SSSR count). The SMILES string of the molecule is CC1=C(C)C2(C)C(C)(C)C1(C)C1(C)C(C)(C)C21C. The first kappa shape index (κ1) is 12.8. The van der Waals surface area contributed by atoms with Gasteiger partial charge in [-0.05, 0) is 35.5 Å². The van der Waals surface area contributed by atoms with Crippen molar-refractivity contribution in [1.29, 1.82) is 0 Å². The molecule has 0 saturated heterocycles. The topological polar surface area (TPSA) is 0 Å². The highest BCUT2D eigenvalue weighted by atomic mass is 15.0. The summed E-state index contributed by atoms with van der Waals surface area (Å²) in [5, 5.41) is 0. The summed E-state index contributed by atoms with van der Waals surface area (Å²) >= 11 is 0. The zero-order valence-electron chi connectivity index (χ0n) is 14.0. The van der Waals surface area contributed by atoms with Crippen molar-refractivity contribution in [2.45, 2.75) is 69.2 Å². The van der Waals surface area contributed by atoms with E-state index in [1.165, 1.54) is 0 Å². The molecule has 18 heavy (non-hydrogen) atoms. The Morgan fingerprint density at radius 1 is 0.500 bits per heavy atom. The van der Waals surface area contributed by atoms with Gasteiger partial charge in [-0.1, -0.05) is 66.5 Å². The van der Waals surface area contributed by atoms with Crippen molar-refractivity contribution in [2.24, 2.45) is 32.5 Å². The fourth-order valence-electron chi connectivity index (χ4n) is 7.78. The molecule has 0 aromatic carbocycles. The van der Waals surface area contributed by atoms with Gasteiger partial charge in [0, 0.05) is 10.8 Å². The lowest BCUT2D eigenvalue weighted by atomic mass is 9.53. The minimum Gasteiger partial charge on any atom is -0.0667 e. The quantitative estimate of drug-likeness (QED) is 0.499. The van der Waals surface area contributed by atoms with Crippen molar-refractivity contribution in [3.8, 4) is 0 Å². The molecule has 0 aromatic rings. The van der Waals surface area contributed by atoms with Gasteiger partial charge in [0.2, 0.25) is 0 Å². The van der Waals surface area contributed by atoms with Gasteiger partial charge >= 0.3 is 0 Å². The molecule has 4 atom stereocenters. The monoisotopic (exact) mass is 246 g/mol. The minimum absolute atomic E-state index is 0.344. The van der Waals surface area contributed by atoms with Gasteiger partial charge in [-0.15, -0.1) is 0 Å². The van der Waals surface area contributed by atoms with Crippen LogP contribution in [0, 0.1) is 32.5 Å². The predicted octanol–water partition coefficient (Wildman–Crippen LogP) is 5.44. The standard InChI is InChI=1S/C18H30/c1-11-12(2)16(8)13(3,4)15(11,7)17(9)14(5,6)18(16,17)10/h1-10H3. The van der Waals surface area contributed by atoms with E-state index >= 15 is 0 Å². The zero-order valence-corrected chi connectivity index (χ0v) is 14.0. The maximum absolute atomic E-state index is 2.57. The first-order chi connectivity index (χ1) is 7.82. The number of fused-ring (bicyclic) bond motifs is 5. The van der Waals surface area contributed by atoms with E-state index in [1.807, 2.05) is 0 Å². The molecule has 0 heterocycles. The van der Waals surface area contributed by atoms with E-state index in [9.17, 15) is 0 Å². The molecule has 0 nitrogen and oxygen atoms in total. The highest BCUT2D eigenvalue weighted by molar-refractivity contribution is 5.57. The van der Waals surface area contributed by atoms with Crippen molar-refractivity contribution in [3.63, 3.8) is 0 Å². The van der Waals surface area contributed by atoms with Crippen LogP contribution < -0.4 is 0 Å². The van der Waals surface area contributed by atoms with Gasteiger partial charge in [-0.2, -0.15) is 0 Å². The fourth-order valence-corrected chi connectivity index (χ4v) is 7.78. The van der Waals surface area contributed by atoms with Gasteiger partial charge in [0.25, 0.3) is 0 Å². The summed E-state index contributed by atoms with van der Waals surface area (Å²) in [6.45, 7) is 25.1. The molecule has 0 radical (unpaired) electrons. The second kappa shape index (κ2) is 2.38. The van der Waals surface area contributed by atoms with Gasteiger partial charge in [-0.3, -0.25) is 0 Å². The van der Waals surface area contributed by atoms with E-state index < -0.39 is 0 Å². The van der Waals surface area contributed by atoms with Crippen molar-refractivity contribution in [3.05, 3.63) is 11.1 Å². The molecule has 3 aliphatic carbocycles. The predicted molar refractivity (Wildman–Crippen MR) is 78.4 cm³/mol. The molecule has 2 bridgehead atoms. The summed E-state index contributed by atoms with van der Waals surface area (Å²) in [6, 6.07) is 0. The van der Waals surface area contributed by atoms with Crippen LogP contribution in [0.5, 0.6) is 0 Å². The molecule has 0 aromatic heterocycles. The second-order valence-corrected chi connectivity index (χ2v) is 9.00. The highest BCUT2D eigenvalue weighted by Crippen LogP contribution is 3.02. The van der Waals surface area contributed by atoms with E-state index in [0.717, 1.165) is 0 Å². The average Bonchev–Trinajstić information content (AvgIpc) is 2.57. The minimum atomic E-state index is 0.344. The molecular weight excluding hydrogens is 216 g/mol. The summed E-state index contributed by atoms with van der Waals surface area (Å²) in [7, 11) is 0. The summed E-state index contributed by atoms with van der Waals surface area (Å²) < 4.78 is 0. The maximum atomic E-state index is 2.57. The lowest BCUT2D eigenvalue weighted by Gasteiger charge is -2.50. The molecule has 4 unspecified atom stereocenters. The van der Waals surface area contributed by atoms with E-state index in [4.69, 9.17) is 0 Å². The van der Waals surface area contributed by atoms with Crippen LogP contribution in [0.4, 0.5) is 0 Å². The second-order valence-electron chi connectivity index (χ2n) is 9.00. The van der Waals surface area contributed by atoms with Crippen molar-refractivity contribution in [1.82, 2.24) is 0 Å². The van der Waals surface area contributed by atoms with Crippen LogP contribution in [0.2, 0.25) is 0 Å². The van der Waals surface area contributed by atoms with E-state index in [2.05, 4.69) is 69.2 Å². The third kappa shape index (κ3) is 0.581. The van der Waals surface area contributed by atoms with Crippen molar-refractivity contribution < 1.29 is 0 Å². The molecule has 0 spiro atoms. The van der Waals surface area contributed by atoms with Gasteiger partial charge in [0.15, 0.2) is 0 Å². The molecule has 3 aliphatic rings. The summed E-state index contributed by atoms with van der Waals surface area (Å²) in [4.78, 5) is 0. The third-order valence-corrected chi connectivity index (χ3v) is 10.0. The first-order valence-electron chi connectivity index (χ1n) is 7.50. The summed E-state index contributed by atoms with van der Waals surface area (Å²) in [5.41, 5.74) is 5.74. The van der Waals surface area contributed by atoms with E-state index in [-0.39, 0.29) is 0 Å². The molecule has 2 fully saturated rings. The van der Waals surface area contributed by atoms with Crippen molar-refractivity contribution >= 4 is 0 Å². The Morgan fingerprint density at radius 2 is 0.778 bits per heavy atom. The van der Waals surface area contributed by atoms with Gasteiger partial charge in [0.1, 0.15) is 0 Å². The highest BCUT2D eigenvalue weighted by Gasteiger charge is 2.98. The largest absolute Gasteiger partial charge is 0.0667 e. The Morgan fingerprint density at radius 3 is 1.06 bits per heavy atom. The van der Waals surface area contributed by atoms with Crippen LogP contribution in [-0.4, -0.2) is 0 Å². The number of allylic oxidation sites excluding steroid dienone is 2. The van der Waals surface area contributed by atoms with Crippen LogP contribution in [0.15, 0.2) is 11.1 Å². The van der Waals surface area contributed by atoms with Crippen LogP contribution in [0.1, 0.15) is 69.2 Å². The van der Waals surface area contributed by atoms with Crippen LogP contribution in [-0.2, 0) is 0 Å². The van der Waals surface area contributed by atoms with E-state index in [1.54, 1.807) is 11.1 Å². The lowest BCUT2D eigenvalue weighted by Crippen LogP contribution is -2.45. The third-order valence-electron chi connectivity index (χ3n) is 10.0. The van der Waals surface area contributed by atoms with Gasteiger partial charge in [0.05, 0.1) is 0 Å². The fraction of sp³-hybridized carbons (Fsp3) is 0.889. The Kier molecular flexibility index (Phi) is 1.69. The number of rotatable bonds is 0. The van der Waals surface area contributed by atoms with Gasteiger partial charge < -0.3 is 0 Å². The molecule has 0 aliphatic heterocycles. The maximum Gasteiger partial charge on any atom is 0.000802 e. The smallest absolute Gasteiger partial charge is 0.000802 e. The van der Waals surface area contributed by atoms with Crippen LogP contribution >= 0.6 is 0 Å². The van der Waals surface area contributed by atoms with Crippen LogP contribution in [0.3, 0.4) is 0 Å². The Labute approximate surface area is 113 Å². The molecule has 0 heteroatoms. The Hall–Kier alpha value is -0.260. The zero-order chi connectivity index (χ0) is 14.2. The Balaban J connectivity index is 2.45. The molecule has 102 valence electrons. The van der Waals surface area contributed by atoms with Gasteiger partial charge in [-0.25, -0.2) is 0 Å². The molecular formula is C18H30. The summed E-state index contributed by atoms with van der Waals surface area (Å²) in [6.07, 6.45) is 0. The van der Waals surface area contributed by atoms with E-state index in [0.29, 0.717) is 32.5 Å². The Bertz CT molecular complexity index is 464. The summed E-state index contributed by atoms with van der Waals surface area (Å²) in [5.74, 6) is 0. The molecule has 0 N–H and O–H groups in total. The average molecular weight is 246 g/mol. The first-order valence-corrected chi connectivity index (χ1v) is 7.50. The normalized spacial score (nSPS) is 59.0. The lowest BCUT2D eigenvalue weighted by molar-refractivity contribution is -0.000244. The molecule has 2 saturated carbocycles.